The second-order valence-electron chi connectivity index (χ2n) is 20.9. The number of alkyl halides is 2. The third-order valence-corrected chi connectivity index (χ3v) is 20.2. The Morgan fingerprint density at radius 1 is 0.714 bits per heavy atom. The van der Waals surface area contributed by atoms with E-state index < -0.39 is 11.2 Å². The van der Waals surface area contributed by atoms with Crippen molar-refractivity contribution in [1.29, 1.82) is 0 Å². The van der Waals surface area contributed by atoms with E-state index in [2.05, 4.69) is 180 Å². The van der Waals surface area contributed by atoms with Crippen molar-refractivity contribution in [2.75, 3.05) is 12.5 Å². The van der Waals surface area contributed by atoms with Crippen LogP contribution >= 0.6 is 161 Å². The number of nitrogens with zero attached hydrogens (tertiary/aromatic N) is 7. The van der Waals surface area contributed by atoms with E-state index in [1.807, 2.05) is 117 Å². The summed E-state index contributed by atoms with van der Waals surface area (Å²) in [6.45, 7) is 37.9. The first kappa shape index (κ1) is 92.6. The molecule has 0 aliphatic carbocycles. The standard InChI is InChI=1S/C13H15N3O2S.C12H15IN2O2S.C7H6INS.C7H7NS.C6H11BrO2.C6H5BrOS.C5H5BrS.CH3F.CH2O3.2CH4.2K.H/c1-8-6-9-11(19-8)12(14-5)15-16(9)7-10(17)18-13(2,3)4;1-7-5-8-10(18-7)11(13)14-15(8)6-9(16)17-12(2,3)4;1-4-2-5-3-9-7(8)6(5)10-4;1-5-2-6-3-8-4-7(6)9-5;1-6(2,3)9-5(8)4-7;1-4-2-5(7)6(3-8)9-4;1-4-2-5(6)3-7-4;1-2;2-1-4-3;;;;;/h6H,7H2,1-4H3;5H,6H2,1-4H3;2H,3H2,1H3;2,4H,3H2,1H3;4H2,1-3H3;2-3H,1H3;2-3H,1H3;1H3;1,3H;2*1H4;;;/q;;;;;;;;;;;2*+1;-1/p-1/i;;;;;;;;;1D;;;;. The summed E-state index contributed by atoms with van der Waals surface area (Å²) in [5.74, 6) is -0.483. The summed E-state index contributed by atoms with van der Waals surface area (Å²) in [6.07, 6.45) is 2.83. The molecule has 31 heteroatoms. The van der Waals surface area contributed by atoms with E-state index in [1.54, 1.807) is 32.0 Å². The molecule has 0 fully saturated rings. The first-order valence-corrected chi connectivity index (χ1v) is 35.5. The van der Waals surface area contributed by atoms with Gasteiger partial charge in [0.15, 0.2) is 12.8 Å². The smallest absolute Gasteiger partial charge is 1.00 e. The van der Waals surface area contributed by atoms with Crippen LogP contribution in [0, 0.1) is 51.8 Å². The molecule has 0 amide bonds. The van der Waals surface area contributed by atoms with Crippen LogP contribution in [0.5, 0.6) is 0 Å². The number of carbonyl (C=O) groups excluding carboxylic acids is 5. The summed E-state index contributed by atoms with van der Waals surface area (Å²) in [7, 11) is 1.75. The van der Waals surface area contributed by atoms with Crippen LogP contribution in [0.15, 0.2) is 60.7 Å². The predicted molar refractivity (Wildman–Crippen MR) is 396 cm³/mol. The molecule has 0 spiro atoms. The number of rotatable bonds is 7. The van der Waals surface area contributed by atoms with Gasteiger partial charge in [-0.15, -0.1) is 68.0 Å². The van der Waals surface area contributed by atoms with Crippen LogP contribution in [0.1, 0.15) is 140 Å². The molecular weight excluding hydrogens is 1760 g/mol. The fourth-order valence-electron chi connectivity index (χ4n) is 6.91. The molecular formula is C60H77Br3FI2K2N7O10S6. The van der Waals surface area contributed by atoms with Gasteiger partial charge in [0.1, 0.15) is 36.1 Å². The fraction of sp³-hybridized carbons (Fsp3) is 0.433. The summed E-state index contributed by atoms with van der Waals surface area (Å²) < 4.78 is 40.2. The Kier molecular flexibility index (Phi) is 47.6. The van der Waals surface area contributed by atoms with E-state index in [0.29, 0.717) is 13.0 Å². The Morgan fingerprint density at radius 3 is 1.56 bits per heavy atom. The Hall–Kier alpha value is -0.417. The van der Waals surface area contributed by atoms with Crippen molar-refractivity contribution in [3.63, 3.8) is 0 Å². The van der Waals surface area contributed by atoms with Gasteiger partial charge in [0.05, 0.1) is 55.3 Å². The molecule has 0 saturated heterocycles. The zero-order chi connectivity index (χ0) is 68.1. The van der Waals surface area contributed by atoms with Gasteiger partial charge in [-0.05, 0) is 234 Å². The Bertz CT molecular complexity index is 3650. The number of esters is 3. The molecule has 0 aromatic carbocycles. The molecule has 0 atom stereocenters. The van der Waals surface area contributed by atoms with Gasteiger partial charge in [-0.3, -0.25) is 38.2 Å². The topological polar surface area (TPSA) is 210 Å². The molecule has 10 rings (SSSR count). The number of aryl methyl sites for hydroxylation is 6. The Morgan fingerprint density at radius 2 is 1.18 bits per heavy atom. The fourth-order valence-corrected chi connectivity index (χ4v) is 15.3. The average molecular weight is 1840 g/mol. The molecule has 2 aliphatic heterocycles. The first-order valence-electron chi connectivity index (χ1n) is 26.7. The summed E-state index contributed by atoms with van der Waals surface area (Å²) in [5, 5.41) is 19.3. The maximum absolute atomic E-state index is 11.8. The minimum atomic E-state index is -0.517. The molecule has 0 saturated carbocycles. The largest absolute Gasteiger partial charge is 1.00 e. The SMILES string of the molecule is C.CC(C)(C)OC(=O)CBr.CF.Cc1cc(Br)c(C=O)s1.Cc1cc(Br)cs1.Cc1cc2c(s1)C(I)=NC2.Cc1cc2c(s1)C=NC2.Cc1cc2c(s1)c(I)nn2CC(=O)OC(C)(C)C.O=CO[O-].[2H]C.[C-]#[N+]c1nn(CC(=O)OC(C)(C)C)c2cc(C)sc12.[H-].[K+].[K+]. The molecule has 8 aromatic rings. The minimum absolute atomic E-state index is 0. The molecule has 492 valence electrons. The summed E-state index contributed by atoms with van der Waals surface area (Å²) in [6, 6.07) is 12.5. The molecule has 17 nitrogen and oxygen atoms in total. The number of ether oxygens (including phenoxy) is 3. The minimum Gasteiger partial charge on any atom is -1.00 e. The number of aliphatic imine (C=N–C) groups is 2. The van der Waals surface area contributed by atoms with Crippen LogP contribution in [0.4, 0.5) is 10.2 Å². The number of fused-ring (bicyclic) bond motifs is 4. The second-order valence-corrected chi connectivity index (χ2v) is 32.7. The van der Waals surface area contributed by atoms with Crippen molar-refractivity contribution in [3.05, 3.63) is 121 Å². The van der Waals surface area contributed by atoms with Crippen molar-refractivity contribution in [2.45, 2.75) is 162 Å². The first-order chi connectivity index (χ1) is 41.6. The van der Waals surface area contributed by atoms with Crippen LogP contribution in [-0.2, 0) is 64.5 Å². The zero-order valence-corrected chi connectivity index (χ0v) is 74.0. The van der Waals surface area contributed by atoms with Gasteiger partial charge in [-0.25, -0.2) is 4.79 Å². The maximum atomic E-state index is 11.8. The molecule has 8 aromatic heterocycles. The number of hydrogen-bond donors (Lipinski definition) is 0. The van der Waals surface area contributed by atoms with Gasteiger partial charge in [0.25, 0.3) is 6.47 Å². The summed E-state index contributed by atoms with van der Waals surface area (Å²) in [5.41, 5.74) is 3.30. The number of hydrogen-bond acceptors (Lipinski definition) is 20. The number of thiophene rings is 6. The number of halogens is 6. The van der Waals surface area contributed by atoms with Crippen molar-refractivity contribution >= 4 is 228 Å². The van der Waals surface area contributed by atoms with E-state index in [9.17, 15) is 23.6 Å². The Labute approximate surface area is 699 Å². The maximum Gasteiger partial charge on any atom is 1.00 e. The van der Waals surface area contributed by atoms with Crippen molar-refractivity contribution < 1.29 is 158 Å². The Balaban J connectivity index is -0.000000496. The van der Waals surface area contributed by atoms with E-state index in [-0.39, 0.29) is 160 Å². The van der Waals surface area contributed by atoms with Crippen LogP contribution < -0.4 is 108 Å². The van der Waals surface area contributed by atoms with E-state index in [4.69, 9.17) is 32.2 Å². The average Bonchev–Trinajstić information content (AvgIpc) is 1.65. The zero-order valence-electron chi connectivity index (χ0n) is 55.7. The molecule has 0 unspecified atom stereocenters. The molecule has 91 heavy (non-hydrogen) atoms. The van der Waals surface area contributed by atoms with Crippen LogP contribution in [0.3, 0.4) is 0 Å². The van der Waals surface area contributed by atoms with Gasteiger partial charge < -0.3 is 30.6 Å². The van der Waals surface area contributed by atoms with Crippen molar-refractivity contribution in [1.82, 2.24) is 19.6 Å². The van der Waals surface area contributed by atoms with Gasteiger partial charge in [0.2, 0.25) is 0 Å². The molecule has 0 N–H and O–H groups in total. The summed E-state index contributed by atoms with van der Waals surface area (Å²) >= 11 is 24.2. The monoisotopic (exact) mass is 1840 g/mol. The molecule has 2 aliphatic rings. The normalized spacial score (nSPS) is 11.0. The van der Waals surface area contributed by atoms with Crippen LogP contribution in [0.2, 0.25) is 0 Å². The molecule has 10 heterocycles. The quantitative estimate of drug-likeness (QED) is 0.0168. The van der Waals surface area contributed by atoms with Gasteiger partial charge in [-0.1, -0.05) is 37.3 Å². The number of aldehydes is 1. The molecule has 0 radical (unpaired) electrons. The van der Waals surface area contributed by atoms with Gasteiger partial charge >= 0.3 is 126 Å². The van der Waals surface area contributed by atoms with E-state index >= 15 is 0 Å². The van der Waals surface area contributed by atoms with E-state index in [0.717, 1.165) is 62.6 Å². The van der Waals surface area contributed by atoms with Crippen molar-refractivity contribution in [3.8, 4) is 0 Å². The third kappa shape index (κ3) is 36.3. The predicted octanol–water partition coefficient (Wildman–Crippen LogP) is 13.0. The summed E-state index contributed by atoms with van der Waals surface area (Å²) in [4.78, 5) is 78.6. The van der Waals surface area contributed by atoms with Gasteiger partial charge in [-0.2, -0.15) is 9.78 Å². The number of carbonyl (C=O) groups is 5. The van der Waals surface area contributed by atoms with Gasteiger partial charge in [0, 0.05) is 51.2 Å². The van der Waals surface area contributed by atoms with Crippen LogP contribution in [-0.4, -0.2) is 89.5 Å². The van der Waals surface area contributed by atoms with E-state index in [1.165, 1.54) is 78.7 Å². The van der Waals surface area contributed by atoms with Crippen molar-refractivity contribution in [2.24, 2.45) is 9.98 Å². The second kappa shape index (κ2) is 46.8. The third-order valence-electron chi connectivity index (χ3n) is 9.70. The number of aromatic nitrogens is 4. The van der Waals surface area contributed by atoms with Crippen LogP contribution in [0.25, 0.3) is 25.3 Å². The molecule has 0 bridgehead atoms.